The summed E-state index contributed by atoms with van der Waals surface area (Å²) >= 11 is 0. The van der Waals surface area contributed by atoms with Gasteiger partial charge in [-0.3, -0.25) is 9.59 Å². The highest BCUT2D eigenvalue weighted by Gasteiger charge is 2.36. The number of carbonyl (C=O) groups excluding carboxylic acids is 3. The molecule has 0 aromatic rings. The van der Waals surface area contributed by atoms with Crippen LogP contribution >= 0.6 is 0 Å². The third-order valence-electron chi connectivity index (χ3n) is 3.19. The molecule has 1 aliphatic heterocycles. The van der Waals surface area contributed by atoms with Gasteiger partial charge >= 0.3 is 17.9 Å². The molecular formula is C12H19N3O6. The van der Waals surface area contributed by atoms with Crippen LogP contribution in [0.15, 0.2) is 0 Å². The summed E-state index contributed by atoms with van der Waals surface area (Å²) in [5, 5.41) is 8.49. The van der Waals surface area contributed by atoms with E-state index in [0.717, 1.165) is 0 Å². The number of carbonyl (C=O) groups is 4. The third-order valence-corrected chi connectivity index (χ3v) is 3.19. The van der Waals surface area contributed by atoms with Gasteiger partial charge in [0.15, 0.2) is 0 Å². The molecule has 1 fully saturated rings. The molecule has 1 rings (SSSR count). The minimum atomic E-state index is -1.19. The number of amides is 1. The second kappa shape index (κ2) is 7.70. The van der Waals surface area contributed by atoms with Crippen LogP contribution in [0.3, 0.4) is 0 Å². The molecule has 0 aromatic carbocycles. The van der Waals surface area contributed by atoms with Crippen molar-refractivity contribution in [3.63, 3.8) is 0 Å². The minimum absolute atomic E-state index is 0.127. The molecular weight excluding hydrogens is 282 g/mol. The van der Waals surface area contributed by atoms with Crippen LogP contribution in [-0.4, -0.2) is 59.0 Å². The predicted molar refractivity (Wildman–Crippen MR) is 69.7 cm³/mol. The van der Waals surface area contributed by atoms with Gasteiger partial charge in [0.25, 0.3) is 0 Å². The second-order valence-corrected chi connectivity index (χ2v) is 4.73. The lowest BCUT2D eigenvalue weighted by atomic mass is 10.1. The molecule has 0 aliphatic carbocycles. The van der Waals surface area contributed by atoms with Gasteiger partial charge in [-0.15, -0.1) is 0 Å². The number of aliphatic carboxylic acids is 1. The van der Waals surface area contributed by atoms with Gasteiger partial charge in [0, 0.05) is 13.0 Å². The molecule has 1 heterocycles. The number of hydrogen-bond donors (Lipinski definition) is 3. The molecule has 0 bridgehead atoms. The standard InChI is InChI=1S/C12H19N3O6/c13-6-9(16)15-5-1-2-8(15)12(20)21-11(19)7(14)3-4-10(17)18/h7-8H,1-6,13-14H2,(H,17,18)/t7-,8-/m0/s1. The third kappa shape index (κ3) is 4.80. The summed E-state index contributed by atoms with van der Waals surface area (Å²) in [5.41, 5.74) is 10.7. The van der Waals surface area contributed by atoms with Crippen LogP contribution in [0.25, 0.3) is 0 Å². The lowest BCUT2D eigenvalue weighted by Gasteiger charge is -2.22. The Kier molecular flexibility index (Phi) is 6.25. The Balaban J connectivity index is 2.53. The van der Waals surface area contributed by atoms with Crippen LogP contribution in [0.2, 0.25) is 0 Å². The highest BCUT2D eigenvalue weighted by atomic mass is 16.6. The highest BCUT2D eigenvalue weighted by molar-refractivity contribution is 5.93. The molecule has 9 nitrogen and oxygen atoms in total. The number of hydrogen-bond acceptors (Lipinski definition) is 7. The number of nitrogens with two attached hydrogens (primary N) is 2. The fourth-order valence-electron chi connectivity index (χ4n) is 2.07. The first kappa shape index (κ1) is 17.1. The van der Waals surface area contributed by atoms with Gasteiger partial charge < -0.3 is 26.2 Å². The molecule has 2 atom stereocenters. The fourth-order valence-corrected chi connectivity index (χ4v) is 2.07. The molecule has 0 unspecified atom stereocenters. The Morgan fingerprint density at radius 3 is 2.57 bits per heavy atom. The topological polar surface area (TPSA) is 153 Å². The van der Waals surface area contributed by atoms with Crippen molar-refractivity contribution < 1.29 is 29.0 Å². The number of nitrogens with zero attached hydrogens (tertiary/aromatic N) is 1. The second-order valence-electron chi connectivity index (χ2n) is 4.73. The van der Waals surface area contributed by atoms with Crippen LogP contribution in [0.4, 0.5) is 0 Å². The first-order valence-corrected chi connectivity index (χ1v) is 6.59. The van der Waals surface area contributed by atoms with E-state index in [2.05, 4.69) is 4.74 Å². The fraction of sp³-hybridized carbons (Fsp3) is 0.667. The van der Waals surface area contributed by atoms with E-state index in [9.17, 15) is 19.2 Å². The zero-order valence-corrected chi connectivity index (χ0v) is 11.5. The number of carboxylic acids is 1. The van der Waals surface area contributed by atoms with Gasteiger partial charge in [-0.2, -0.15) is 0 Å². The summed E-state index contributed by atoms with van der Waals surface area (Å²) in [6.07, 6.45) is 0.580. The number of carboxylic acid groups (broad SMARTS) is 1. The number of likely N-dealkylation sites (tertiary alicyclic amines) is 1. The minimum Gasteiger partial charge on any atom is -0.481 e. The van der Waals surface area contributed by atoms with Crippen molar-refractivity contribution in [2.75, 3.05) is 13.1 Å². The molecule has 5 N–H and O–H groups in total. The molecule has 1 aliphatic rings. The largest absolute Gasteiger partial charge is 0.481 e. The average molecular weight is 301 g/mol. The van der Waals surface area contributed by atoms with Gasteiger partial charge in [-0.05, 0) is 19.3 Å². The van der Waals surface area contributed by atoms with Crippen LogP contribution < -0.4 is 11.5 Å². The van der Waals surface area contributed by atoms with Gasteiger partial charge in [-0.1, -0.05) is 0 Å². The van der Waals surface area contributed by atoms with Crippen molar-refractivity contribution in [2.24, 2.45) is 11.5 Å². The average Bonchev–Trinajstić information content (AvgIpc) is 2.92. The van der Waals surface area contributed by atoms with Crippen LogP contribution in [0.5, 0.6) is 0 Å². The zero-order valence-electron chi connectivity index (χ0n) is 11.5. The summed E-state index contributed by atoms with van der Waals surface area (Å²) in [4.78, 5) is 46.7. The van der Waals surface area contributed by atoms with E-state index >= 15 is 0 Å². The van der Waals surface area contributed by atoms with E-state index in [1.54, 1.807) is 0 Å². The summed E-state index contributed by atoms with van der Waals surface area (Å²) in [6, 6.07) is -2.03. The Bertz CT molecular complexity index is 439. The normalized spacial score (nSPS) is 19.1. The van der Waals surface area contributed by atoms with Crippen molar-refractivity contribution in [1.82, 2.24) is 4.90 Å². The molecule has 118 valence electrons. The maximum atomic E-state index is 11.9. The number of rotatable bonds is 6. The molecule has 1 saturated heterocycles. The summed E-state index contributed by atoms with van der Waals surface area (Å²) in [7, 11) is 0. The Morgan fingerprint density at radius 2 is 2.00 bits per heavy atom. The Labute approximate surface area is 121 Å². The van der Waals surface area contributed by atoms with E-state index < -0.39 is 35.9 Å². The first-order valence-electron chi connectivity index (χ1n) is 6.59. The van der Waals surface area contributed by atoms with E-state index in [1.165, 1.54) is 4.90 Å². The number of esters is 2. The Hall–Kier alpha value is -2.00. The van der Waals surface area contributed by atoms with Crippen molar-refractivity contribution >= 4 is 23.8 Å². The lowest BCUT2D eigenvalue weighted by molar-refractivity contribution is -0.165. The van der Waals surface area contributed by atoms with Gasteiger partial charge in [-0.25, -0.2) is 9.59 Å². The van der Waals surface area contributed by atoms with Crippen molar-refractivity contribution in [3.8, 4) is 0 Å². The van der Waals surface area contributed by atoms with Gasteiger partial charge in [0.2, 0.25) is 5.91 Å². The summed E-state index contributed by atoms with van der Waals surface area (Å²) in [6.45, 7) is 0.158. The summed E-state index contributed by atoms with van der Waals surface area (Å²) in [5.74, 6) is -3.34. The smallest absolute Gasteiger partial charge is 0.336 e. The van der Waals surface area contributed by atoms with Gasteiger partial charge in [0.1, 0.15) is 12.1 Å². The SMILES string of the molecule is NCC(=O)N1CCC[C@H]1C(=O)OC(=O)[C@@H](N)CCC(=O)O. The molecule has 9 heteroatoms. The predicted octanol–water partition coefficient (Wildman–Crippen LogP) is -1.80. The van der Waals surface area contributed by atoms with Gasteiger partial charge in [0.05, 0.1) is 6.54 Å². The highest BCUT2D eigenvalue weighted by Crippen LogP contribution is 2.18. The van der Waals surface area contributed by atoms with Crippen molar-refractivity contribution in [3.05, 3.63) is 0 Å². The van der Waals surface area contributed by atoms with Crippen molar-refractivity contribution in [1.29, 1.82) is 0 Å². The monoisotopic (exact) mass is 301 g/mol. The summed E-state index contributed by atoms with van der Waals surface area (Å²) < 4.78 is 4.62. The van der Waals surface area contributed by atoms with E-state index in [-0.39, 0.29) is 19.4 Å². The van der Waals surface area contributed by atoms with E-state index in [1.807, 2.05) is 0 Å². The molecule has 1 amide bonds. The zero-order chi connectivity index (χ0) is 16.0. The van der Waals surface area contributed by atoms with E-state index in [0.29, 0.717) is 19.4 Å². The van der Waals surface area contributed by atoms with Crippen LogP contribution in [-0.2, 0) is 23.9 Å². The molecule has 0 radical (unpaired) electrons. The Morgan fingerprint density at radius 1 is 1.33 bits per heavy atom. The first-order chi connectivity index (χ1) is 9.86. The molecule has 0 spiro atoms. The molecule has 21 heavy (non-hydrogen) atoms. The maximum Gasteiger partial charge on any atom is 0.336 e. The van der Waals surface area contributed by atoms with E-state index in [4.69, 9.17) is 16.6 Å². The molecule has 0 aromatic heterocycles. The van der Waals surface area contributed by atoms with Crippen molar-refractivity contribution in [2.45, 2.75) is 37.8 Å². The van der Waals surface area contributed by atoms with Crippen LogP contribution in [0, 0.1) is 0 Å². The van der Waals surface area contributed by atoms with Crippen LogP contribution in [0.1, 0.15) is 25.7 Å². The number of ether oxygens (including phenoxy) is 1. The quantitative estimate of drug-likeness (QED) is 0.383. The molecule has 0 saturated carbocycles. The maximum absolute atomic E-state index is 11.9. The lowest BCUT2D eigenvalue weighted by Crippen LogP contribution is -2.46.